The molecule has 212 valence electrons. The average Bonchev–Trinajstić information content (AvgIpc) is 3.32. The van der Waals surface area contributed by atoms with Gasteiger partial charge in [0.25, 0.3) is 5.91 Å². The van der Waals surface area contributed by atoms with Gasteiger partial charge in [-0.15, -0.1) is 11.3 Å². The highest BCUT2D eigenvalue weighted by Gasteiger charge is 2.27. The second kappa shape index (κ2) is 13.9. The molecule has 0 fully saturated rings. The molecule has 9 nitrogen and oxygen atoms in total. The van der Waals surface area contributed by atoms with Crippen molar-refractivity contribution < 1.29 is 18.0 Å². The number of fused-ring (bicyclic) bond motifs is 1. The average molecular weight is 574 g/mol. The monoisotopic (exact) mass is 573 g/mol. The minimum absolute atomic E-state index is 0.0775. The lowest BCUT2D eigenvalue weighted by atomic mass is 10.0. The predicted molar refractivity (Wildman–Crippen MR) is 158 cm³/mol. The molecule has 2 aromatic carbocycles. The molecule has 0 spiro atoms. The summed E-state index contributed by atoms with van der Waals surface area (Å²) in [6.07, 6.45) is 0.892. The molecule has 0 aliphatic carbocycles. The number of hydrogen-bond donors (Lipinski definition) is 3. The first-order valence-electron chi connectivity index (χ1n) is 13.1. The summed E-state index contributed by atoms with van der Waals surface area (Å²) in [7, 11) is -0.0473. The number of nitrogens with two attached hydrogens (primary N) is 1. The summed E-state index contributed by atoms with van der Waals surface area (Å²) in [4.78, 5) is 28.6. The molecule has 3 rings (SSSR count). The Morgan fingerprint density at radius 1 is 1.00 bits per heavy atom. The van der Waals surface area contributed by atoms with Crippen LogP contribution in [0.1, 0.15) is 36.4 Å². The number of likely N-dealkylation sites (N-methyl/N-ethyl adjacent to an activating group) is 1. The topological polar surface area (TPSA) is 125 Å². The van der Waals surface area contributed by atoms with Crippen molar-refractivity contribution >= 4 is 48.9 Å². The van der Waals surface area contributed by atoms with E-state index in [1.54, 1.807) is 18.2 Å². The van der Waals surface area contributed by atoms with Crippen molar-refractivity contribution in [3.63, 3.8) is 0 Å². The number of amides is 2. The summed E-state index contributed by atoms with van der Waals surface area (Å²) in [5.41, 5.74) is 6.17. The first-order valence-corrected chi connectivity index (χ1v) is 15.3. The van der Waals surface area contributed by atoms with Crippen LogP contribution in [0.15, 0.2) is 59.5 Å². The van der Waals surface area contributed by atoms with Gasteiger partial charge in [-0.2, -0.15) is 4.31 Å². The molecule has 1 atom stereocenters. The van der Waals surface area contributed by atoms with Crippen LogP contribution in [0.25, 0.3) is 10.1 Å². The fourth-order valence-electron chi connectivity index (χ4n) is 4.13. The minimum atomic E-state index is -3.80. The summed E-state index contributed by atoms with van der Waals surface area (Å²) < 4.78 is 29.1. The predicted octanol–water partition coefficient (Wildman–Crippen LogP) is 3.39. The quantitative estimate of drug-likeness (QED) is 0.201. The first-order chi connectivity index (χ1) is 18.5. The molecular weight excluding hydrogens is 534 g/mol. The van der Waals surface area contributed by atoms with Crippen molar-refractivity contribution in [2.45, 2.75) is 37.6 Å². The number of hydrogen-bond acceptors (Lipinski definition) is 7. The maximum absolute atomic E-state index is 13.3. The van der Waals surface area contributed by atoms with E-state index in [0.29, 0.717) is 30.8 Å². The van der Waals surface area contributed by atoms with Crippen molar-refractivity contribution in [3.8, 4) is 0 Å². The largest absolute Gasteiger partial charge is 0.398 e. The SMILES string of the molecule is CC(C)C[C@H](NC(=O)c1cc2ccccc2s1)C(=O)NCCCN(CCN(C)C)S(=O)(=O)c1ccccc1N. The third-order valence-corrected chi connectivity index (χ3v) is 9.28. The van der Waals surface area contributed by atoms with E-state index in [-0.39, 0.29) is 41.4 Å². The van der Waals surface area contributed by atoms with Crippen LogP contribution < -0.4 is 16.4 Å². The summed E-state index contributed by atoms with van der Waals surface area (Å²) in [5.74, 6) is -0.377. The normalized spacial score (nSPS) is 12.8. The molecule has 0 unspecified atom stereocenters. The second-order valence-electron chi connectivity index (χ2n) is 10.2. The number of thiophene rings is 1. The molecule has 0 saturated heterocycles. The molecule has 0 aliphatic rings. The van der Waals surface area contributed by atoms with Crippen LogP contribution in [0.5, 0.6) is 0 Å². The van der Waals surface area contributed by atoms with Gasteiger partial charge >= 0.3 is 0 Å². The Hall–Kier alpha value is -2.99. The van der Waals surface area contributed by atoms with Crippen LogP contribution >= 0.6 is 11.3 Å². The Labute approximate surface area is 235 Å². The zero-order chi connectivity index (χ0) is 28.6. The molecule has 1 heterocycles. The smallest absolute Gasteiger partial charge is 0.262 e. The van der Waals surface area contributed by atoms with E-state index in [9.17, 15) is 18.0 Å². The standard InChI is InChI=1S/C28H39N5O4S2/c1-20(2)18-23(31-28(35)25-19-21-10-5-7-12-24(21)38-25)27(34)30-14-9-15-33(17-16-32(3)4)39(36,37)26-13-8-6-11-22(26)29/h5-8,10-13,19-20,23H,9,14-18,29H2,1-4H3,(H,30,34)(H,31,35)/t23-/m0/s1. The fourth-order valence-corrected chi connectivity index (χ4v) is 6.69. The van der Waals surface area contributed by atoms with E-state index in [1.165, 1.54) is 21.7 Å². The van der Waals surface area contributed by atoms with Gasteiger partial charge in [-0.1, -0.05) is 44.2 Å². The number of nitrogens with one attached hydrogen (secondary N) is 2. The van der Waals surface area contributed by atoms with Gasteiger partial charge in [-0.05, 0) is 62.5 Å². The fraction of sp³-hybridized carbons (Fsp3) is 0.429. The first kappa shape index (κ1) is 30.6. The number of anilines is 1. The Balaban J connectivity index is 1.62. The Bertz CT molecular complexity index is 1340. The highest BCUT2D eigenvalue weighted by atomic mass is 32.2. The number of para-hydroxylation sites is 1. The Morgan fingerprint density at radius 3 is 2.36 bits per heavy atom. The van der Waals surface area contributed by atoms with E-state index in [0.717, 1.165) is 10.1 Å². The summed E-state index contributed by atoms with van der Waals surface area (Å²) in [5, 5.41) is 6.77. The molecule has 3 aromatic rings. The van der Waals surface area contributed by atoms with Crippen molar-refractivity contribution in [2.75, 3.05) is 46.0 Å². The van der Waals surface area contributed by atoms with E-state index in [2.05, 4.69) is 10.6 Å². The van der Waals surface area contributed by atoms with Crippen LogP contribution in [0, 0.1) is 5.92 Å². The maximum Gasteiger partial charge on any atom is 0.262 e. The zero-order valence-electron chi connectivity index (χ0n) is 23.0. The third kappa shape index (κ3) is 8.50. The van der Waals surface area contributed by atoms with E-state index >= 15 is 0 Å². The van der Waals surface area contributed by atoms with Gasteiger partial charge in [0, 0.05) is 30.9 Å². The second-order valence-corrected chi connectivity index (χ2v) is 13.2. The number of carbonyl (C=O) groups excluding carboxylic acids is 2. The molecule has 0 bridgehead atoms. The number of nitrogens with zero attached hydrogens (tertiary/aromatic N) is 2. The lowest BCUT2D eigenvalue weighted by Crippen LogP contribution is -2.48. The number of carbonyl (C=O) groups is 2. The van der Waals surface area contributed by atoms with Gasteiger partial charge in [-0.25, -0.2) is 8.42 Å². The van der Waals surface area contributed by atoms with Crippen molar-refractivity contribution in [1.29, 1.82) is 0 Å². The van der Waals surface area contributed by atoms with Crippen LogP contribution in [-0.4, -0.2) is 75.8 Å². The van der Waals surface area contributed by atoms with Gasteiger partial charge in [0.05, 0.1) is 10.6 Å². The molecule has 4 N–H and O–H groups in total. The van der Waals surface area contributed by atoms with E-state index < -0.39 is 16.1 Å². The molecule has 0 aliphatic heterocycles. The number of sulfonamides is 1. The molecule has 2 amide bonds. The summed E-state index contributed by atoms with van der Waals surface area (Å²) in [6, 6.07) is 15.3. The van der Waals surface area contributed by atoms with Crippen LogP contribution in [-0.2, 0) is 14.8 Å². The van der Waals surface area contributed by atoms with Crippen LogP contribution in [0.2, 0.25) is 0 Å². The molecule has 0 radical (unpaired) electrons. The lowest BCUT2D eigenvalue weighted by molar-refractivity contribution is -0.123. The molecular formula is C28H39N5O4S2. The van der Waals surface area contributed by atoms with Gasteiger partial charge < -0.3 is 21.3 Å². The van der Waals surface area contributed by atoms with E-state index in [1.807, 2.05) is 63.2 Å². The summed E-state index contributed by atoms with van der Waals surface area (Å²) >= 11 is 1.39. The van der Waals surface area contributed by atoms with Crippen molar-refractivity contribution in [3.05, 3.63) is 59.5 Å². The third-order valence-electron chi connectivity index (χ3n) is 6.20. The highest BCUT2D eigenvalue weighted by molar-refractivity contribution is 7.89. The van der Waals surface area contributed by atoms with Crippen molar-refractivity contribution in [2.24, 2.45) is 5.92 Å². The number of benzene rings is 2. The molecule has 39 heavy (non-hydrogen) atoms. The molecule has 1 aromatic heterocycles. The Morgan fingerprint density at radius 2 is 1.69 bits per heavy atom. The Kier molecular flexibility index (Phi) is 10.9. The van der Waals surface area contributed by atoms with Gasteiger partial charge in [0.2, 0.25) is 15.9 Å². The number of nitrogen functional groups attached to an aromatic ring is 1. The van der Waals surface area contributed by atoms with Gasteiger partial charge in [-0.3, -0.25) is 9.59 Å². The van der Waals surface area contributed by atoms with Gasteiger partial charge in [0.15, 0.2) is 0 Å². The van der Waals surface area contributed by atoms with Crippen molar-refractivity contribution in [1.82, 2.24) is 19.8 Å². The van der Waals surface area contributed by atoms with Crippen LogP contribution in [0.3, 0.4) is 0 Å². The number of rotatable bonds is 14. The van der Waals surface area contributed by atoms with Gasteiger partial charge in [0.1, 0.15) is 10.9 Å². The molecule has 0 saturated carbocycles. The highest BCUT2D eigenvalue weighted by Crippen LogP contribution is 2.25. The molecule has 11 heteroatoms. The maximum atomic E-state index is 13.3. The lowest BCUT2D eigenvalue weighted by Gasteiger charge is -2.25. The minimum Gasteiger partial charge on any atom is -0.398 e. The van der Waals surface area contributed by atoms with Crippen LogP contribution in [0.4, 0.5) is 5.69 Å². The zero-order valence-corrected chi connectivity index (χ0v) is 24.6. The van der Waals surface area contributed by atoms with E-state index in [4.69, 9.17) is 5.73 Å². The summed E-state index contributed by atoms with van der Waals surface area (Å²) in [6.45, 7) is 5.30.